The lowest BCUT2D eigenvalue weighted by molar-refractivity contribution is -0.137. The van der Waals surface area contributed by atoms with Crippen LogP contribution in [0.1, 0.15) is 63.5 Å². The number of nitrogens with one attached hydrogen (secondary N) is 1. The SMILES string of the molecule is O=C(O)CCCCCCCCCCNC(=O)Cc1cn2ccccc2n1. The van der Waals surface area contributed by atoms with E-state index in [-0.39, 0.29) is 12.3 Å². The zero-order valence-corrected chi connectivity index (χ0v) is 15.3. The van der Waals surface area contributed by atoms with Crippen LogP contribution in [0.15, 0.2) is 30.6 Å². The Kier molecular flexibility index (Phi) is 8.66. The third-order valence-corrected chi connectivity index (χ3v) is 4.40. The van der Waals surface area contributed by atoms with Gasteiger partial charge in [0, 0.05) is 25.4 Å². The van der Waals surface area contributed by atoms with Gasteiger partial charge in [-0.2, -0.15) is 0 Å². The van der Waals surface area contributed by atoms with Crippen LogP contribution in [0.25, 0.3) is 5.65 Å². The highest BCUT2D eigenvalue weighted by Crippen LogP contribution is 2.09. The highest BCUT2D eigenvalue weighted by Gasteiger charge is 2.06. The first-order chi connectivity index (χ1) is 12.6. The number of hydrogen-bond donors (Lipinski definition) is 2. The van der Waals surface area contributed by atoms with Crippen LogP contribution >= 0.6 is 0 Å². The maximum Gasteiger partial charge on any atom is 0.303 e. The molecule has 0 fully saturated rings. The number of amides is 1. The van der Waals surface area contributed by atoms with Crippen molar-refractivity contribution in [2.24, 2.45) is 0 Å². The van der Waals surface area contributed by atoms with Crippen LogP contribution in [0.4, 0.5) is 0 Å². The number of carbonyl (C=O) groups is 2. The Morgan fingerprint density at radius 3 is 2.38 bits per heavy atom. The zero-order valence-electron chi connectivity index (χ0n) is 15.3. The number of carbonyl (C=O) groups excluding carboxylic acids is 1. The summed E-state index contributed by atoms with van der Waals surface area (Å²) in [5.74, 6) is -0.680. The van der Waals surface area contributed by atoms with Crippen LogP contribution in [0.3, 0.4) is 0 Å². The summed E-state index contributed by atoms with van der Waals surface area (Å²) >= 11 is 0. The van der Waals surface area contributed by atoms with Crippen molar-refractivity contribution in [2.45, 2.75) is 64.2 Å². The molecule has 0 radical (unpaired) electrons. The minimum Gasteiger partial charge on any atom is -0.481 e. The fourth-order valence-corrected chi connectivity index (χ4v) is 2.99. The summed E-state index contributed by atoms with van der Waals surface area (Å²) in [6, 6.07) is 5.80. The van der Waals surface area contributed by atoms with E-state index < -0.39 is 5.97 Å². The number of carboxylic acid groups (broad SMARTS) is 1. The van der Waals surface area contributed by atoms with E-state index in [0.29, 0.717) is 13.0 Å². The second-order valence-electron chi connectivity index (χ2n) is 6.70. The average molecular weight is 359 g/mol. The number of rotatable bonds is 13. The van der Waals surface area contributed by atoms with Gasteiger partial charge in [0.25, 0.3) is 0 Å². The van der Waals surface area contributed by atoms with Crippen molar-refractivity contribution in [1.82, 2.24) is 14.7 Å². The van der Waals surface area contributed by atoms with Crippen LogP contribution in [0, 0.1) is 0 Å². The van der Waals surface area contributed by atoms with Crippen LogP contribution in [-0.2, 0) is 16.0 Å². The first-order valence-corrected chi connectivity index (χ1v) is 9.56. The van der Waals surface area contributed by atoms with Gasteiger partial charge in [-0.15, -0.1) is 0 Å². The van der Waals surface area contributed by atoms with E-state index in [1.54, 1.807) is 0 Å². The number of aliphatic carboxylic acids is 1. The lowest BCUT2D eigenvalue weighted by atomic mass is 10.1. The number of aromatic nitrogens is 2. The monoisotopic (exact) mass is 359 g/mol. The third kappa shape index (κ3) is 7.68. The summed E-state index contributed by atoms with van der Waals surface area (Å²) in [5.41, 5.74) is 1.65. The van der Waals surface area contributed by atoms with Crippen LogP contribution in [0.2, 0.25) is 0 Å². The molecule has 2 aromatic rings. The van der Waals surface area contributed by atoms with Crippen LogP contribution < -0.4 is 5.32 Å². The number of hydrogen-bond acceptors (Lipinski definition) is 3. The Balaban J connectivity index is 1.45. The van der Waals surface area contributed by atoms with E-state index in [1.165, 1.54) is 19.3 Å². The van der Waals surface area contributed by atoms with Crippen molar-refractivity contribution in [2.75, 3.05) is 6.54 Å². The van der Waals surface area contributed by atoms with Crippen molar-refractivity contribution >= 4 is 17.5 Å². The molecule has 0 saturated heterocycles. The van der Waals surface area contributed by atoms with Gasteiger partial charge >= 0.3 is 5.97 Å². The minimum atomic E-state index is -0.701. The first-order valence-electron chi connectivity index (χ1n) is 9.56. The zero-order chi connectivity index (χ0) is 18.6. The number of imidazole rings is 1. The summed E-state index contributed by atoms with van der Waals surface area (Å²) in [5, 5.41) is 11.5. The molecule has 2 aromatic heterocycles. The van der Waals surface area contributed by atoms with E-state index in [4.69, 9.17) is 5.11 Å². The van der Waals surface area contributed by atoms with Crippen LogP contribution in [0.5, 0.6) is 0 Å². The predicted molar refractivity (Wildman–Crippen MR) is 101 cm³/mol. The van der Waals surface area contributed by atoms with Gasteiger partial charge in [-0.05, 0) is 25.0 Å². The number of carboxylic acids is 1. The summed E-state index contributed by atoms with van der Waals surface area (Å²) in [6.07, 6.45) is 13.0. The van der Waals surface area contributed by atoms with Crippen molar-refractivity contribution in [3.05, 3.63) is 36.3 Å². The number of nitrogens with zero attached hydrogens (tertiary/aromatic N) is 2. The molecule has 6 nitrogen and oxygen atoms in total. The van der Waals surface area contributed by atoms with Gasteiger partial charge < -0.3 is 14.8 Å². The Morgan fingerprint density at radius 1 is 1.00 bits per heavy atom. The molecular formula is C20H29N3O3. The Hall–Kier alpha value is -2.37. The summed E-state index contributed by atoms with van der Waals surface area (Å²) in [4.78, 5) is 26.8. The molecule has 0 saturated carbocycles. The second kappa shape index (κ2) is 11.3. The highest BCUT2D eigenvalue weighted by molar-refractivity contribution is 5.78. The van der Waals surface area contributed by atoms with Gasteiger partial charge in [-0.3, -0.25) is 9.59 Å². The maximum absolute atomic E-state index is 12.0. The smallest absolute Gasteiger partial charge is 0.303 e. The number of pyridine rings is 1. The summed E-state index contributed by atoms with van der Waals surface area (Å²) < 4.78 is 1.92. The fourth-order valence-electron chi connectivity index (χ4n) is 2.99. The van der Waals surface area contributed by atoms with Gasteiger partial charge in [0.2, 0.25) is 5.91 Å². The Bertz CT molecular complexity index is 663. The normalized spacial score (nSPS) is 10.9. The second-order valence-corrected chi connectivity index (χ2v) is 6.70. The summed E-state index contributed by atoms with van der Waals surface area (Å²) in [6.45, 7) is 0.713. The minimum absolute atomic E-state index is 0.0202. The lowest BCUT2D eigenvalue weighted by Gasteiger charge is -2.04. The molecule has 0 spiro atoms. The van der Waals surface area contributed by atoms with Crippen molar-refractivity contribution < 1.29 is 14.7 Å². The van der Waals surface area contributed by atoms with Gasteiger partial charge in [-0.1, -0.05) is 44.6 Å². The van der Waals surface area contributed by atoms with E-state index >= 15 is 0 Å². The Labute approximate surface area is 154 Å². The molecule has 0 bridgehead atoms. The topological polar surface area (TPSA) is 83.7 Å². The molecule has 0 aliphatic heterocycles. The molecule has 0 unspecified atom stereocenters. The number of unbranched alkanes of at least 4 members (excludes halogenated alkanes) is 7. The van der Waals surface area contributed by atoms with Crippen molar-refractivity contribution in [3.63, 3.8) is 0 Å². The highest BCUT2D eigenvalue weighted by atomic mass is 16.4. The predicted octanol–water partition coefficient (Wildman–Crippen LogP) is 3.59. The van der Waals surface area contributed by atoms with Crippen molar-refractivity contribution in [3.8, 4) is 0 Å². The molecule has 142 valence electrons. The van der Waals surface area contributed by atoms with Crippen molar-refractivity contribution in [1.29, 1.82) is 0 Å². The first kappa shape index (κ1) is 19.9. The molecule has 1 amide bonds. The van der Waals surface area contributed by atoms with Gasteiger partial charge in [0.05, 0.1) is 12.1 Å². The number of fused-ring (bicyclic) bond motifs is 1. The average Bonchev–Trinajstić information content (AvgIpc) is 3.01. The molecular weight excluding hydrogens is 330 g/mol. The molecule has 0 aliphatic rings. The van der Waals surface area contributed by atoms with Gasteiger partial charge in [-0.25, -0.2) is 4.98 Å². The standard InChI is InChI=1S/C20H29N3O3/c24-19(15-17-16-23-14-10-8-11-18(23)22-17)21-13-9-6-4-2-1-3-5-7-12-20(25)26/h8,10-11,14,16H,1-7,9,12-13,15H2,(H,21,24)(H,25,26). The van der Waals surface area contributed by atoms with E-state index in [0.717, 1.165) is 43.4 Å². The molecule has 6 heteroatoms. The maximum atomic E-state index is 12.0. The molecule has 0 atom stereocenters. The van der Waals surface area contributed by atoms with E-state index in [1.807, 2.05) is 35.0 Å². The fraction of sp³-hybridized carbons (Fsp3) is 0.550. The molecule has 2 heterocycles. The van der Waals surface area contributed by atoms with E-state index in [9.17, 15) is 9.59 Å². The molecule has 0 aliphatic carbocycles. The Morgan fingerprint density at radius 2 is 1.69 bits per heavy atom. The van der Waals surface area contributed by atoms with Crippen LogP contribution in [-0.4, -0.2) is 32.9 Å². The lowest BCUT2D eigenvalue weighted by Crippen LogP contribution is -2.26. The summed E-state index contributed by atoms with van der Waals surface area (Å²) in [7, 11) is 0. The third-order valence-electron chi connectivity index (χ3n) is 4.40. The molecule has 2 N–H and O–H groups in total. The molecule has 0 aromatic carbocycles. The quantitative estimate of drug-likeness (QED) is 0.535. The van der Waals surface area contributed by atoms with Gasteiger partial charge in [0.15, 0.2) is 0 Å². The largest absolute Gasteiger partial charge is 0.481 e. The van der Waals surface area contributed by atoms with E-state index in [2.05, 4.69) is 10.3 Å². The molecule has 2 rings (SSSR count). The van der Waals surface area contributed by atoms with Gasteiger partial charge in [0.1, 0.15) is 5.65 Å². The molecule has 26 heavy (non-hydrogen) atoms.